The van der Waals surface area contributed by atoms with Gasteiger partial charge in [0.2, 0.25) is 0 Å². The second-order valence-corrected chi connectivity index (χ2v) is 5.55. The fourth-order valence-electron chi connectivity index (χ4n) is 2.33. The maximum absolute atomic E-state index is 4.39. The molecular weight excluding hydrogens is 232 g/mol. The number of aromatic nitrogens is 1. The molecule has 1 N–H and O–H groups in total. The van der Waals surface area contributed by atoms with Gasteiger partial charge in [-0.15, -0.1) is 0 Å². The maximum Gasteiger partial charge on any atom is 0.0705 e. The fraction of sp³-hybridized carbons (Fsp3) is 0.471. The third kappa shape index (κ3) is 4.32. The summed E-state index contributed by atoms with van der Waals surface area (Å²) in [4.78, 5) is 4.39. The summed E-state index contributed by atoms with van der Waals surface area (Å²) in [6.07, 6.45) is 5.82. The summed E-state index contributed by atoms with van der Waals surface area (Å²) < 4.78 is 0. The van der Waals surface area contributed by atoms with Crippen LogP contribution in [0.25, 0.3) is 10.9 Å². The number of nitrogens with zero attached hydrogens (tertiary/aromatic N) is 1. The van der Waals surface area contributed by atoms with Crippen molar-refractivity contribution in [1.82, 2.24) is 10.3 Å². The van der Waals surface area contributed by atoms with Crippen LogP contribution in [0, 0.1) is 5.92 Å². The van der Waals surface area contributed by atoms with Crippen LogP contribution in [0.1, 0.15) is 38.7 Å². The molecule has 1 aromatic carbocycles. The molecule has 0 radical (unpaired) electrons. The van der Waals surface area contributed by atoms with Crippen LogP contribution >= 0.6 is 0 Å². The fourth-order valence-corrected chi connectivity index (χ4v) is 2.33. The number of hydrogen-bond acceptors (Lipinski definition) is 2. The summed E-state index contributed by atoms with van der Waals surface area (Å²) >= 11 is 0. The molecule has 1 heterocycles. The Hall–Kier alpha value is -1.41. The van der Waals surface area contributed by atoms with Crippen LogP contribution < -0.4 is 5.32 Å². The minimum Gasteiger partial charge on any atom is -0.313 e. The van der Waals surface area contributed by atoms with Crippen LogP contribution in [-0.2, 0) is 6.54 Å². The predicted octanol–water partition coefficient (Wildman–Crippen LogP) is 4.15. The molecule has 1 aromatic heterocycles. The molecule has 0 saturated carbocycles. The Labute approximate surface area is 116 Å². The van der Waals surface area contributed by atoms with Gasteiger partial charge in [0.05, 0.1) is 5.52 Å². The first-order chi connectivity index (χ1) is 9.27. The van der Waals surface area contributed by atoms with Gasteiger partial charge in [-0.05, 0) is 36.6 Å². The normalized spacial score (nSPS) is 11.3. The number of nitrogens with one attached hydrogen (secondary N) is 1. The Kier molecular flexibility index (Phi) is 5.34. The Bertz CT molecular complexity index is 500. The Morgan fingerprint density at radius 2 is 1.95 bits per heavy atom. The van der Waals surface area contributed by atoms with Crippen LogP contribution in [-0.4, -0.2) is 11.5 Å². The lowest BCUT2D eigenvalue weighted by Gasteiger charge is -2.08. The van der Waals surface area contributed by atoms with Crippen LogP contribution in [0.4, 0.5) is 0 Å². The van der Waals surface area contributed by atoms with Gasteiger partial charge in [0.1, 0.15) is 0 Å². The molecule has 102 valence electrons. The van der Waals surface area contributed by atoms with Crippen molar-refractivity contribution >= 4 is 10.9 Å². The number of benzene rings is 1. The molecule has 19 heavy (non-hydrogen) atoms. The molecule has 2 rings (SSSR count). The second kappa shape index (κ2) is 7.25. The summed E-state index contributed by atoms with van der Waals surface area (Å²) in [7, 11) is 0. The third-order valence-electron chi connectivity index (χ3n) is 3.44. The van der Waals surface area contributed by atoms with Gasteiger partial charge < -0.3 is 5.32 Å². The van der Waals surface area contributed by atoms with Gasteiger partial charge >= 0.3 is 0 Å². The molecule has 2 nitrogen and oxygen atoms in total. The van der Waals surface area contributed by atoms with E-state index in [4.69, 9.17) is 0 Å². The van der Waals surface area contributed by atoms with Crippen molar-refractivity contribution in [2.24, 2.45) is 5.92 Å². The third-order valence-corrected chi connectivity index (χ3v) is 3.44. The highest BCUT2D eigenvalue weighted by molar-refractivity contribution is 5.81. The summed E-state index contributed by atoms with van der Waals surface area (Å²) in [5, 5.41) is 4.80. The first kappa shape index (κ1) is 14.0. The molecule has 2 aromatic rings. The van der Waals surface area contributed by atoms with Gasteiger partial charge in [0.25, 0.3) is 0 Å². The van der Waals surface area contributed by atoms with Crippen molar-refractivity contribution in [3.63, 3.8) is 0 Å². The minimum absolute atomic E-state index is 0.823. The number of rotatable bonds is 7. The van der Waals surface area contributed by atoms with Gasteiger partial charge in [-0.1, -0.05) is 44.9 Å². The zero-order valence-electron chi connectivity index (χ0n) is 12.0. The topological polar surface area (TPSA) is 24.9 Å². The first-order valence-electron chi connectivity index (χ1n) is 7.30. The molecule has 0 aliphatic rings. The van der Waals surface area contributed by atoms with E-state index in [-0.39, 0.29) is 0 Å². The lowest BCUT2D eigenvalue weighted by atomic mass is 10.1. The molecule has 0 spiro atoms. The molecule has 0 aliphatic carbocycles. The Balaban J connectivity index is 1.82. The van der Waals surface area contributed by atoms with E-state index in [9.17, 15) is 0 Å². The molecular formula is C17H24N2. The van der Waals surface area contributed by atoms with E-state index in [1.54, 1.807) is 0 Å². The van der Waals surface area contributed by atoms with E-state index in [1.807, 2.05) is 12.3 Å². The highest BCUT2D eigenvalue weighted by atomic mass is 14.8. The van der Waals surface area contributed by atoms with E-state index in [1.165, 1.54) is 30.2 Å². The number of para-hydroxylation sites is 1. The largest absolute Gasteiger partial charge is 0.313 e. The zero-order chi connectivity index (χ0) is 13.5. The smallest absolute Gasteiger partial charge is 0.0705 e. The average Bonchev–Trinajstić information content (AvgIpc) is 2.42. The highest BCUT2D eigenvalue weighted by Gasteiger charge is 2.00. The van der Waals surface area contributed by atoms with Gasteiger partial charge in [-0.2, -0.15) is 0 Å². The number of pyridine rings is 1. The molecule has 2 heteroatoms. The Morgan fingerprint density at radius 1 is 1.11 bits per heavy atom. The number of fused-ring (bicyclic) bond motifs is 1. The lowest BCUT2D eigenvalue weighted by Crippen LogP contribution is -2.15. The predicted molar refractivity (Wildman–Crippen MR) is 82.1 cm³/mol. The van der Waals surface area contributed by atoms with E-state index in [2.05, 4.69) is 48.4 Å². The lowest BCUT2D eigenvalue weighted by molar-refractivity contribution is 0.521. The van der Waals surface area contributed by atoms with Crippen molar-refractivity contribution in [2.45, 2.75) is 39.7 Å². The van der Waals surface area contributed by atoms with Crippen LogP contribution in [0.3, 0.4) is 0 Å². The summed E-state index contributed by atoms with van der Waals surface area (Å²) in [5.41, 5.74) is 2.43. The van der Waals surface area contributed by atoms with Crippen molar-refractivity contribution in [3.05, 3.63) is 42.1 Å². The van der Waals surface area contributed by atoms with Gasteiger partial charge in [0.15, 0.2) is 0 Å². The van der Waals surface area contributed by atoms with Crippen LogP contribution in [0.5, 0.6) is 0 Å². The molecule has 0 saturated heterocycles. The maximum atomic E-state index is 4.39. The molecule has 0 unspecified atom stereocenters. The van der Waals surface area contributed by atoms with Crippen molar-refractivity contribution in [2.75, 3.05) is 6.54 Å². The van der Waals surface area contributed by atoms with E-state index < -0.39 is 0 Å². The first-order valence-corrected chi connectivity index (χ1v) is 7.30. The van der Waals surface area contributed by atoms with Gasteiger partial charge in [-0.25, -0.2) is 0 Å². The number of unbranched alkanes of at least 4 members (excludes halogenated alkanes) is 1. The van der Waals surface area contributed by atoms with Crippen molar-refractivity contribution < 1.29 is 0 Å². The summed E-state index contributed by atoms with van der Waals surface area (Å²) in [6, 6.07) is 10.5. The standard InChI is InChI=1S/C17H24N2/c1-14(2)7-5-6-11-18-13-15-10-12-19-17-9-4-3-8-16(15)17/h3-4,8-10,12,14,18H,5-7,11,13H2,1-2H3. The summed E-state index contributed by atoms with van der Waals surface area (Å²) in [5.74, 6) is 0.823. The molecule has 0 amide bonds. The monoisotopic (exact) mass is 256 g/mol. The highest BCUT2D eigenvalue weighted by Crippen LogP contribution is 2.15. The minimum atomic E-state index is 0.823. The SMILES string of the molecule is CC(C)CCCCNCc1ccnc2ccccc12. The van der Waals surface area contributed by atoms with E-state index in [0.29, 0.717) is 0 Å². The quantitative estimate of drug-likeness (QED) is 0.753. The van der Waals surface area contributed by atoms with E-state index >= 15 is 0 Å². The summed E-state index contributed by atoms with van der Waals surface area (Å²) in [6.45, 7) is 6.61. The van der Waals surface area contributed by atoms with E-state index in [0.717, 1.165) is 24.5 Å². The van der Waals surface area contributed by atoms with Gasteiger partial charge in [-0.3, -0.25) is 4.98 Å². The van der Waals surface area contributed by atoms with Gasteiger partial charge in [0, 0.05) is 18.1 Å². The van der Waals surface area contributed by atoms with Crippen molar-refractivity contribution in [1.29, 1.82) is 0 Å². The Morgan fingerprint density at radius 3 is 2.79 bits per heavy atom. The number of hydrogen-bond donors (Lipinski definition) is 1. The molecule has 0 fully saturated rings. The molecule has 0 aliphatic heterocycles. The van der Waals surface area contributed by atoms with Crippen LogP contribution in [0.15, 0.2) is 36.5 Å². The molecule has 0 atom stereocenters. The van der Waals surface area contributed by atoms with Crippen molar-refractivity contribution in [3.8, 4) is 0 Å². The zero-order valence-corrected chi connectivity index (χ0v) is 12.0. The average molecular weight is 256 g/mol. The molecule has 0 bridgehead atoms. The van der Waals surface area contributed by atoms with Crippen LogP contribution in [0.2, 0.25) is 0 Å². The second-order valence-electron chi connectivity index (χ2n) is 5.55.